The number of benzene rings is 1. The maximum Gasteiger partial charge on any atom is 0.410 e. The van der Waals surface area contributed by atoms with E-state index in [1.54, 1.807) is 31.3 Å². The van der Waals surface area contributed by atoms with Crippen molar-refractivity contribution in [2.45, 2.75) is 26.8 Å². The van der Waals surface area contributed by atoms with E-state index in [1.165, 1.54) is 0 Å². The number of carbonyl (C=O) groups excluding carboxylic acids is 2. The Bertz CT molecular complexity index is 866. The van der Waals surface area contributed by atoms with Gasteiger partial charge < -0.3 is 19.7 Å². The average molecular weight is 369 g/mol. The minimum atomic E-state index is -0.345. The van der Waals surface area contributed by atoms with Gasteiger partial charge in [0.05, 0.1) is 31.5 Å². The van der Waals surface area contributed by atoms with Gasteiger partial charge in [0.15, 0.2) is 0 Å². The zero-order chi connectivity index (χ0) is 19.4. The Hall–Kier alpha value is -3.09. The maximum atomic E-state index is 12.9. The number of carbonyl (C=O) groups is 2. The third-order valence-corrected chi connectivity index (χ3v) is 4.51. The highest BCUT2D eigenvalue weighted by atomic mass is 16.6. The van der Waals surface area contributed by atoms with E-state index in [0.717, 1.165) is 16.7 Å². The number of amides is 2. The molecule has 7 heteroatoms. The predicted octanol–water partition coefficient (Wildman–Crippen LogP) is 3.17. The molecule has 0 saturated carbocycles. The third-order valence-electron chi connectivity index (χ3n) is 4.51. The summed E-state index contributed by atoms with van der Waals surface area (Å²) < 4.78 is 10.4. The number of fused-ring (bicyclic) bond motifs is 1. The molecule has 0 bridgehead atoms. The summed E-state index contributed by atoms with van der Waals surface area (Å²) >= 11 is 0. The SMILES string of the molecule is CCOC(=O)N1CCc2c(cncc2C(=O)Nc2cc(C)ccc2OC)C1. The molecule has 142 valence electrons. The molecular formula is C20H23N3O4. The summed E-state index contributed by atoms with van der Waals surface area (Å²) in [6, 6.07) is 5.60. The largest absolute Gasteiger partial charge is 0.495 e. The molecule has 27 heavy (non-hydrogen) atoms. The summed E-state index contributed by atoms with van der Waals surface area (Å²) in [6.07, 6.45) is 3.49. The lowest BCUT2D eigenvalue weighted by molar-refractivity contribution is 0.101. The fourth-order valence-electron chi connectivity index (χ4n) is 3.17. The van der Waals surface area contributed by atoms with Crippen molar-refractivity contribution in [2.24, 2.45) is 0 Å². The van der Waals surface area contributed by atoms with E-state index < -0.39 is 0 Å². The molecule has 2 heterocycles. The molecule has 0 atom stereocenters. The molecule has 1 aromatic carbocycles. The Morgan fingerprint density at radius 2 is 2.11 bits per heavy atom. The number of nitrogens with zero attached hydrogens (tertiary/aromatic N) is 2. The van der Waals surface area contributed by atoms with Crippen molar-refractivity contribution in [2.75, 3.05) is 25.6 Å². The molecule has 1 aromatic heterocycles. The average Bonchev–Trinajstić information content (AvgIpc) is 2.67. The van der Waals surface area contributed by atoms with Gasteiger partial charge in [-0.2, -0.15) is 0 Å². The molecule has 0 spiro atoms. The van der Waals surface area contributed by atoms with Gasteiger partial charge in [-0.05, 0) is 49.1 Å². The van der Waals surface area contributed by atoms with E-state index in [-0.39, 0.29) is 12.0 Å². The summed E-state index contributed by atoms with van der Waals surface area (Å²) in [6.45, 7) is 4.95. The van der Waals surface area contributed by atoms with Crippen LogP contribution in [0.3, 0.4) is 0 Å². The second kappa shape index (κ2) is 8.07. The number of rotatable bonds is 4. The van der Waals surface area contributed by atoms with Gasteiger partial charge in [-0.3, -0.25) is 9.78 Å². The normalized spacial score (nSPS) is 12.9. The van der Waals surface area contributed by atoms with Crippen molar-refractivity contribution in [3.05, 3.63) is 52.8 Å². The zero-order valence-corrected chi connectivity index (χ0v) is 15.7. The van der Waals surface area contributed by atoms with Crippen LogP contribution in [0, 0.1) is 6.92 Å². The van der Waals surface area contributed by atoms with Crippen LogP contribution in [-0.4, -0.2) is 42.1 Å². The lowest BCUT2D eigenvalue weighted by Gasteiger charge is -2.28. The Morgan fingerprint density at radius 1 is 1.30 bits per heavy atom. The first kappa shape index (κ1) is 18.7. The zero-order valence-electron chi connectivity index (χ0n) is 15.7. The number of ether oxygens (including phenoxy) is 2. The molecule has 1 aliphatic rings. The molecule has 0 aliphatic carbocycles. The van der Waals surface area contributed by atoms with Gasteiger partial charge in [0.25, 0.3) is 5.91 Å². The van der Waals surface area contributed by atoms with Crippen molar-refractivity contribution in [3.8, 4) is 5.75 Å². The van der Waals surface area contributed by atoms with Crippen molar-refractivity contribution < 1.29 is 19.1 Å². The Labute approximate surface area is 158 Å². The second-order valence-electron chi connectivity index (χ2n) is 6.35. The van der Waals surface area contributed by atoms with Crippen molar-refractivity contribution in [1.29, 1.82) is 0 Å². The fourth-order valence-corrected chi connectivity index (χ4v) is 3.17. The van der Waals surface area contributed by atoms with E-state index in [4.69, 9.17) is 9.47 Å². The second-order valence-corrected chi connectivity index (χ2v) is 6.35. The first-order valence-electron chi connectivity index (χ1n) is 8.87. The molecular weight excluding hydrogens is 346 g/mol. The van der Waals surface area contributed by atoms with E-state index in [2.05, 4.69) is 10.3 Å². The van der Waals surface area contributed by atoms with Crippen LogP contribution in [0.1, 0.15) is 34.0 Å². The summed E-state index contributed by atoms with van der Waals surface area (Å²) in [4.78, 5) is 30.6. The van der Waals surface area contributed by atoms with E-state index in [0.29, 0.717) is 43.1 Å². The maximum absolute atomic E-state index is 12.9. The van der Waals surface area contributed by atoms with E-state index in [9.17, 15) is 9.59 Å². The number of nitrogens with one attached hydrogen (secondary N) is 1. The molecule has 3 rings (SSSR count). The summed E-state index contributed by atoms with van der Waals surface area (Å²) in [5.41, 5.74) is 3.92. The Kier molecular flexibility index (Phi) is 5.59. The highest BCUT2D eigenvalue weighted by molar-refractivity contribution is 6.06. The fraction of sp³-hybridized carbons (Fsp3) is 0.350. The van der Waals surface area contributed by atoms with Crippen molar-refractivity contribution >= 4 is 17.7 Å². The van der Waals surface area contributed by atoms with Crippen LogP contribution in [0.5, 0.6) is 5.75 Å². The molecule has 2 amide bonds. The standard InChI is InChI=1S/C20H23N3O4/c1-4-27-20(25)23-8-7-15-14(12-23)10-21-11-16(15)19(24)22-17-9-13(2)5-6-18(17)26-3/h5-6,9-11H,4,7-8,12H2,1-3H3,(H,22,24). The van der Waals surface area contributed by atoms with E-state index >= 15 is 0 Å². The molecule has 7 nitrogen and oxygen atoms in total. The van der Waals surface area contributed by atoms with Crippen LogP contribution in [0.25, 0.3) is 0 Å². The van der Waals surface area contributed by atoms with Gasteiger partial charge in [-0.25, -0.2) is 4.79 Å². The van der Waals surface area contributed by atoms with Gasteiger partial charge in [0.2, 0.25) is 0 Å². The van der Waals surface area contributed by atoms with Gasteiger partial charge in [0, 0.05) is 18.9 Å². The van der Waals surface area contributed by atoms with Crippen LogP contribution < -0.4 is 10.1 Å². The summed E-state index contributed by atoms with van der Waals surface area (Å²) in [5.74, 6) is 0.355. The highest BCUT2D eigenvalue weighted by Gasteiger charge is 2.25. The molecule has 0 radical (unpaired) electrons. The number of aromatic nitrogens is 1. The first-order chi connectivity index (χ1) is 13.0. The van der Waals surface area contributed by atoms with Crippen molar-refractivity contribution in [1.82, 2.24) is 9.88 Å². The van der Waals surface area contributed by atoms with Gasteiger partial charge >= 0.3 is 6.09 Å². The van der Waals surface area contributed by atoms with Gasteiger partial charge in [-0.1, -0.05) is 6.07 Å². The predicted molar refractivity (Wildman–Crippen MR) is 101 cm³/mol. The number of aryl methyl sites for hydroxylation is 1. The lowest BCUT2D eigenvalue weighted by Crippen LogP contribution is -2.37. The molecule has 0 fully saturated rings. The number of hydrogen-bond acceptors (Lipinski definition) is 5. The number of pyridine rings is 1. The van der Waals surface area contributed by atoms with Crippen molar-refractivity contribution in [3.63, 3.8) is 0 Å². The van der Waals surface area contributed by atoms with Crippen LogP contribution in [-0.2, 0) is 17.7 Å². The number of hydrogen-bond donors (Lipinski definition) is 1. The monoisotopic (exact) mass is 369 g/mol. The summed E-state index contributed by atoms with van der Waals surface area (Å²) in [5, 5.41) is 2.91. The van der Waals surface area contributed by atoms with Crippen LogP contribution in [0.15, 0.2) is 30.6 Å². The third kappa shape index (κ3) is 4.02. The molecule has 1 aliphatic heterocycles. The Balaban J connectivity index is 1.83. The van der Waals surface area contributed by atoms with E-state index in [1.807, 2.05) is 25.1 Å². The van der Waals surface area contributed by atoms with Crippen LogP contribution in [0.4, 0.5) is 10.5 Å². The first-order valence-corrected chi connectivity index (χ1v) is 8.87. The minimum absolute atomic E-state index is 0.243. The molecule has 0 unspecified atom stereocenters. The highest BCUT2D eigenvalue weighted by Crippen LogP contribution is 2.27. The van der Waals surface area contributed by atoms with Crippen LogP contribution >= 0.6 is 0 Å². The quantitative estimate of drug-likeness (QED) is 0.895. The topological polar surface area (TPSA) is 80.8 Å². The number of methoxy groups -OCH3 is 1. The Morgan fingerprint density at radius 3 is 2.85 bits per heavy atom. The van der Waals surface area contributed by atoms with Gasteiger partial charge in [0.1, 0.15) is 5.75 Å². The number of anilines is 1. The lowest BCUT2D eigenvalue weighted by atomic mass is 9.97. The molecule has 1 N–H and O–H groups in total. The molecule has 2 aromatic rings. The summed E-state index contributed by atoms with van der Waals surface area (Å²) in [7, 11) is 1.57. The van der Waals surface area contributed by atoms with Crippen LogP contribution in [0.2, 0.25) is 0 Å². The van der Waals surface area contributed by atoms with Gasteiger partial charge in [-0.15, -0.1) is 0 Å². The minimum Gasteiger partial charge on any atom is -0.495 e. The smallest absolute Gasteiger partial charge is 0.410 e. The molecule has 0 saturated heterocycles.